The zero-order valence-corrected chi connectivity index (χ0v) is 12.1. The molecule has 0 N–H and O–H groups in total. The summed E-state index contributed by atoms with van der Waals surface area (Å²) in [7, 11) is 3.73. The van der Waals surface area contributed by atoms with Crippen molar-refractivity contribution in [2.24, 2.45) is 0 Å². The number of likely N-dealkylation sites (N-methyl/N-ethyl adjacent to an activating group) is 1. The van der Waals surface area contributed by atoms with Crippen molar-refractivity contribution in [2.45, 2.75) is 39.4 Å². The third kappa shape index (κ3) is 2.96. The molecule has 0 radical (unpaired) electrons. The van der Waals surface area contributed by atoms with Crippen LogP contribution in [0.1, 0.15) is 23.9 Å². The van der Waals surface area contributed by atoms with Crippen LogP contribution in [0.3, 0.4) is 0 Å². The Balaban J connectivity index is 2.03. The quantitative estimate of drug-likeness (QED) is 0.578. The van der Waals surface area contributed by atoms with E-state index in [0.717, 1.165) is 13.0 Å². The van der Waals surface area contributed by atoms with E-state index in [1.165, 1.54) is 22.0 Å². The summed E-state index contributed by atoms with van der Waals surface area (Å²) < 4.78 is 1.98. The molecule has 106 valence electrons. The minimum Gasteiger partial charge on any atom is -0.299 e. The lowest BCUT2D eigenvalue weighted by atomic mass is 10.0. The van der Waals surface area contributed by atoms with Gasteiger partial charge in [-0.25, -0.2) is 5.06 Å². The molecule has 19 heavy (non-hydrogen) atoms. The Kier molecular flexibility index (Phi) is 4.21. The van der Waals surface area contributed by atoms with Gasteiger partial charge in [0.2, 0.25) is 6.41 Å². The molecule has 1 aromatic heterocycles. The van der Waals surface area contributed by atoms with Crippen molar-refractivity contribution in [1.29, 1.82) is 0 Å². The van der Waals surface area contributed by atoms with Crippen LogP contribution in [0.5, 0.6) is 0 Å². The fraction of sp³-hybridized carbons (Fsp3) is 0.692. The zero-order valence-electron chi connectivity index (χ0n) is 12.1. The number of aromatic nitrogens is 2. The van der Waals surface area contributed by atoms with E-state index >= 15 is 0 Å². The second-order valence-corrected chi connectivity index (χ2v) is 5.19. The maximum Gasteiger partial charge on any atom is 0.233 e. The van der Waals surface area contributed by atoms with Gasteiger partial charge < -0.3 is 0 Å². The van der Waals surface area contributed by atoms with Crippen LogP contribution in [0.25, 0.3) is 0 Å². The number of hydrogen-bond acceptors (Lipinski definition) is 4. The predicted octanol–water partition coefficient (Wildman–Crippen LogP) is 0.588. The molecule has 1 amide bonds. The first-order valence-corrected chi connectivity index (χ1v) is 6.59. The molecule has 0 saturated carbocycles. The maximum atomic E-state index is 10.4. The van der Waals surface area contributed by atoms with E-state index in [1.54, 1.807) is 7.05 Å². The van der Waals surface area contributed by atoms with Gasteiger partial charge in [-0.1, -0.05) is 0 Å². The first kappa shape index (κ1) is 14.0. The Morgan fingerprint density at radius 1 is 1.58 bits per heavy atom. The van der Waals surface area contributed by atoms with Crippen LogP contribution in [-0.4, -0.2) is 52.9 Å². The maximum absolute atomic E-state index is 10.4. The minimum atomic E-state index is 0.446. The summed E-state index contributed by atoms with van der Waals surface area (Å²) in [6.07, 6.45) is 1.65. The van der Waals surface area contributed by atoms with Gasteiger partial charge >= 0.3 is 0 Å². The van der Waals surface area contributed by atoms with Crippen LogP contribution in [0.2, 0.25) is 0 Å². The average molecular weight is 266 g/mol. The molecule has 0 bridgehead atoms. The molecule has 0 fully saturated rings. The fourth-order valence-corrected chi connectivity index (χ4v) is 2.38. The number of carbonyl (C=O) groups excluding carboxylic acids is 1. The van der Waals surface area contributed by atoms with Crippen LogP contribution in [-0.2, 0) is 29.1 Å². The van der Waals surface area contributed by atoms with Gasteiger partial charge in [0.05, 0.1) is 18.8 Å². The van der Waals surface area contributed by atoms with E-state index in [-0.39, 0.29) is 0 Å². The summed E-state index contributed by atoms with van der Waals surface area (Å²) in [4.78, 5) is 18.0. The van der Waals surface area contributed by atoms with Gasteiger partial charge in [-0.2, -0.15) is 5.10 Å². The molecule has 1 aromatic rings. The fourth-order valence-electron chi connectivity index (χ4n) is 2.38. The van der Waals surface area contributed by atoms with Gasteiger partial charge in [-0.05, 0) is 20.9 Å². The molecule has 0 unspecified atom stereocenters. The zero-order chi connectivity index (χ0) is 14.0. The molecule has 0 saturated heterocycles. The Bertz CT molecular complexity index is 458. The monoisotopic (exact) mass is 266 g/mol. The summed E-state index contributed by atoms with van der Waals surface area (Å²) >= 11 is 0. The van der Waals surface area contributed by atoms with Crippen LogP contribution in [0.15, 0.2) is 0 Å². The van der Waals surface area contributed by atoms with E-state index in [9.17, 15) is 4.79 Å². The van der Waals surface area contributed by atoms with Crippen LogP contribution < -0.4 is 0 Å². The van der Waals surface area contributed by atoms with Crippen LogP contribution >= 0.6 is 0 Å². The Morgan fingerprint density at radius 2 is 2.32 bits per heavy atom. The molecule has 1 aliphatic heterocycles. The number of carbonyl (C=O) groups is 1. The summed E-state index contributed by atoms with van der Waals surface area (Å²) in [5, 5.41) is 5.84. The lowest BCUT2D eigenvalue weighted by Gasteiger charge is -2.29. The van der Waals surface area contributed by atoms with E-state index in [1.807, 2.05) is 4.68 Å². The molecule has 1 aliphatic rings. The summed E-state index contributed by atoms with van der Waals surface area (Å²) in [6.45, 7) is 6.38. The van der Waals surface area contributed by atoms with Crippen LogP contribution in [0, 0.1) is 6.92 Å². The highest BCUT2D eigenvalue weighted by Gasteiger charge is 2.25. The number of hydroxylamine groups is 2. The van der Waals surface area contributed by atoms with Crippen molar-refractivity contribution >= 4 is 6.41 Å². The molecule has 6 nitrogen and oxygen atoms in total. The second-order valence-electron chi connectivity index (χ2n) is 5.19. The lowest BCUT2D eigenvalue weighted by Crippen LogP contribution is -2.34. The van der Waals surface area contributed by atoms with E-state index < -0.39 is 0 Å². The number of nitrogens with zero attached hydrogens (tertiary/aromatic N) is 4. The normalized spacial score (nSPS) is 19.3. The standard InChI is InChI=1S/C13H22N4O2/c1-10-7-13-12(8-15(10)3)11(2)17(14-13)5-6-19-16(4)9-18/h9-10H,5-8H2,1-4H3/t10-/m1/s1. The van der Waals surface area contributed by atoms with E-state index in [2.05, 4.69) is 30.9 Å². The summed E-state index contributed by atoms with van der Waals surface area (Å²) in [5.74, 6) is 0. The van der Waals surface area contributed by atoms with Crippen molar-refractivity contribution in [2.75, 3.05) is 20.7 Å². The number of fused-ring (bicyclic) bond motifs is 1. The smallest absolute Gasteiger partial charge is 0.233 e. The van der Waals surface area contributed by atoms with Gasteiger partial charge in [0.15, 0.2) is 0 Å². The van der Waals surface area contributed by atoms with Gasteiger partial charge in [0.25, 0.3) is 0 Å². The number of amides is 1. The molecular weight excluding hydrogens is 244 g/mol. The topological polar surface area (TPSA) is 50.6 Å². The second kappa shape index (κ2) is 5.71. The van der Waals surface area contributed by atoms with Gasteiger partial charge in [0, 0.05) is 37.3 Å². The minimum absolute atomic E-state index is 0.446. The lowest BCUT2D eigenvalue weighted by molar-refractivity contribution is -0.164. The number of rotatable bonds is 5. The third-order valence-corrected chi connectivity index (χ3v) is 3.81. The molecule has 0 aliphatic carbocycles. The average Bonchev–Trinajstić information content (AvgIpc) is 2.67. The Hall–Kier alpha value is -1.40. The molecule has 6 heteroatoms. The molecule has 1 atom stereocenters. The van der Waals surface area contributed by atoms with Gasteiger partial charge in [-0.3, -0.25) is 19.2 Å². The number of hydrogen-bond donors (Lipinski definition) is 0. The van der Waals surface area contributed by atoms with Gasteiger partial charge in [0.1, 0.15) is 0 Å². The predicted molar refractivity (Wildman–Crippen MR) is 71.4 cm³/mol. The van der Waals surface area contributed by atoms with E-state index in [4.69, 9.17) is 4.84 Å². The first-order valence-electron chi connectivity index (χ1n) is 6.59. The molecule has 0 aromatic carbocycles. The van der Waals surface area contributed by atoms with Crippen molar-refractivity contribution in [1.82, 2.24) is 19.7 Å². The molecular formula is C13H22N4O2. The highest BCUT2D eigenvalue weighted by Crippen LogP contribution is 2.24. The summed E-state index contributed by atoms with van der Waals surface area (Å²) in [5.41, 5.74) is 3.74. The highest BCUT2D eigenvalue weighted by atomic mass is 16.7. The van der Waals surface area contributed by atoms with Crippen molar-refractivity contribution in [3.63, 3.8) is 0 Å². The largest absolute Gasteiger partial charge is 0.299 e. The van der Waals surface area contributed by atoms with Crippen molar-refractivity contribution in [3.05, 3.63) is 17.0 Å². The molecule has 2 heterocycles. The summed E-state index contributed by atoms with van der Waals surface area (Å²) in [6, 6.07) is 0.535. The van der Waals surface area contributed by atoms with Gasteiger partial charge in [-0.15, -0.1) is 0 Å². The first-order chi connectivity index (χ1) is 9.02. The SMILES string of the molecule is Cc1c2c(nn1CCON(C)C=O)C[C@@H](C)N(C)C2. The van der Waals surface area contributed by atoms with Crippen molar-refractivity contribution in [3.8, 4) is 0 Å². The molecule has 0 spiro atoms. The van der Waals surface area contributed by atoms with E-state index in [0.29, 0.717) is 25.6 Å². The highest BCUT2D eigenvalue weighted by molar-refractivity contribution is 5.44. The third-order valence-electron chi connectivity index (χ3n) is 3.81. The molecule has 2 rings (SSSR count). The Labute approximate surface area is 113 Å². The Morgan fingerprint density at radius 3 is 3.00 bits per heavy atom. The van der Waals surface area contributed by atoms with Crippen LogP contribution in [0.4, 0.5) is 0 Å². The van der Waals surface area contributed by atoms with Crippen molar-refractivity contribution < 1.29 is 9.63 Å².